The monoisotopic (exact) mass is 524 g/mol. The van der Waals surface area contributed by atoms with E-state index in [4.69, 9.17) is 11.6 Å². The highest BCUT2D eigenvalue weighted by atomic mass is 79.9. The first-order valence-electron chi connectivity index (χ1n) is 10.6. The zero-order valence-electron chi connectivity index (χ0n) is 18.1. The van der Waals surface area contributed by atoms with Crippen LogP contribution in [-0.2, 0) is 21.9 Å². The van der Waals surface area contributed by atoms with E-state index in [2.05, 4.69) is 28.2 Å². The van der Waals surface area contributed by atoms with Crippen LogP contribution in [-0.4, -0.2) is 35.1 Å². The van der Waals surface area contributed by atoms with Crippen molar-refractivity contribution in [2.24, 2.45) is 0 Å². The number of hydrogen-bond donors (Lipinski definition) is 1. The number of benzene rings is 2. The fourth-order valence-corrected chi connectivity index (χ4v) is 4.39. The van der Waals surface area contributed by atoms with Crippen LogP contribution in [0.15, 0.2) is 53.0 Å². The van der Waals surface area contributed by atoms with Crippen LogP contribution >= 0.6 is 39.3 Å². The van der Waals surface area contributed by atoms with Crippen LogP contribution in [0.4, 0.5) is 0 Å². The van der Waals surface area contributed by atoms with E-state index < -0.39 is 6.04 Å². The predicted octanol–water partition coefficient (Wildman–Crippen LogP) is 6.06. The maximum Gasteiger partial charge on any atom is 0.242 e. The first kappa shape index (κ1) is 25.8. The van der Waals surface area contributed by atoms with Gasteiger partial charge in [-0.05, 0) is 48.2 Å². The molecule has 0 aliphatic heterocycles. The van der Waals surface area contributed by atoms with Crippen LogP contribution in [0.1, 0.15) is 44.2 Å². The Hall–Kier alpha value is -1.50. The average molecular weight is 526 g/mol. The van der Waals surface area contributed by atoms with Crippen molar-refractivity contribution in [2.75, 3.05) is 12.3 Å². The zero-order valence-corrected chi connectivity index (χ0v) is 21.2. The van der Waals surface area contributed by atoms with Gasteiger partial charge >= 0.3 is 0 Å². The quantitative estimate of drug-likeness (QED) is 0.343. The molecular weight excluding hydrogens is 496 g/mol. The van der Waals surface area contributed by atoms with Crippen molar-refractivity contribution in [2.45, 2.75) is 51.4 Å². The minimum Gasteiger partial charge on any atom is -0.354 e. The molecule has 0 bridgehead atoms. The number of nitrogens with one attached hydrogen (secondary N) is 1. The summed E-state index contributed by atoms with van der Waals surface area (Å²) in [5.74, 6) is 0.945. The zero-order chi connectivity index (χ0) is 22.6. The standard InChI is InChI=1S/C24H30BrClN2O2S/c1-3-5-14-27-24(30)22(4-2)28(15-18-8-12-21(26)13-9-18)23(29)17-31-16-19-6-10-20(25)11-7-19/h6-13,22H,3-5,14-17H2,1-2H3,(H,27,30)/t22-/m0/s1. The summed E-state index contributed by atoms with van der Waals surface area (Å²) in [4.78, 5) is 27.7. The van der Waals surface area contributed by atoms with Crippen molar-refractivity contribution < 1.29 is 9.59 Å². The topological polar surface area (TPSA) is 49.4 Å². The van der Waals surface area contributed by atoms with E-state index in [0.717, 1.165) is 34.2 Å². The molecule has 0 unspecified atom stereocenters. The van der Waals surface area contributed by atoms with E-state index in [1.165, 1.54) is 0 Å². The van der Waals surface area contributed by atoms with Gasteiger partial charge in [0.1, 0.15) is 6.04 Å². The van der Waals surface area contributed by atoms with E-state index in [1.54, 1.807) is 16.7 Å². The molecule has 0 radical (unpaired) electrons. The van der Waals surface area contributed by atoms with Crippen LogP contribution < -0.4 is 5.32 Å². The number of amides is 2. The lowest BCUT2D eigenvalue weighted by molar-refractivity contribution is -0.139. The second-order valence-corrected chi connectivity index (χ2v) is 9.67. The summed E-state index contributed by atoms with van der Waals surface area (Å²) in [6.45, 7) is 5.05. The number of unbranched alkanes of at least 4 members (excludes halogenated alkanes) is 1. The predicted molar refractivity (Wildman–Crippen MR) is 134 cm³/mol. The van der Waals surface area contributed by atoms with Gasteiger partial charge in [0.2, 0.25) is 11.8 Å². The van der Waals surface area contributed by atoms with Crippen molar-refractivity contribution in [3.8, 4) is 0 Å². The van der Waals surface area contributed by atoms with Crippen LogP contribution in [0.3, 0.4) is 0 Å². The first-order valence-corrected chi connectivity index (χ1v) is 12.9. The molecule has 168 valence electrons. The summed E-state index contributed by atoms with van der Waals surface area (Å²) < 4.78 is 1.03. The van der Waals surface area contributed by atoms with Crippen molar-refractivity contribution in [1.29, 1.82) is 0 Å². The van der Waals surface area contributed by atoms with Gasteiger partial charge in [0.25, 0.3) is 0 Å². The fourth-order valence-electron chi connectivity index (χ4n) is 3.13. The van der Waals surface area contributed by atoms with Gasteiger partial charge in [-0.1, -0.05) is 72.1 Å². The van der Waals surface area contributed by atoms with Crippen molar-refractivity contribution in [3.63, 3.8) is 0 Å². The van der Waals surface area contributed by atoms with E-state index in [1.807, 2.05) is 55.5 Å². The average Bonchev–Trinajstić information content (AvgIpc) is 2.76. The molecule has 0 saturated carbocycles. The Morgan fingerprint density at radius 2 is 1.71 bits per heavy atom. The Kier molecular flexibility index (Phi) is 11.5. The molecular formula is C24H30BrClN2O2S. The molecule has 0 saturated heterocycles. The molecule has 7 heteroatoms. The molecule has 2 aromatic rings. The molecule has 0 aliphatic carbocycles. The lowest BCUT2D eigenvalue weighted by Gasteiger charge is -2.30. The van der Waals surface area contributed by atoms with E-state index >= 15 is 0 Å². The Morgan fingerprint density at radius 1 is 1.06 bits per heavy atom. The van der Waals surface area contributed by atoms with E-state index in [0.29, 0.717) is 30.3 Å². The lowest BCUT2D eigenvalue weighted by atomic mass is 10.1. The van der Waals surface area contributed by atoms with Gasteiger partial charge < -0.3 is 10.2 Å². The molecule has 2 amide bonds. The molecule has 1 atom stereocenters. The lowest BCUT2D eigenvalue weighted by Crippen LogP contribution is -2.49. The number of rotatable bonds is 12. The molecule has 2 aromatic carbocycles. The third-order valence-electron chi connectivity index (χ3n) is 4.89. The number of hydrogen-bond acceptors (Lipinski definition) is 3. The summed E-state index contributed by atoms with van der Waals surface area (Å²) in [6, 6.07) is 15.0. The number of thioether (sulfide) groups is 1. The second-order valence-electron chi connectivity index (χ2n) is 7.34. The minimum atomic E-state index is -0.492. The molecule has 0 aliphatic rings. The van der Waals surface area contributed by atoms with Crippen LogP contribution in [0.2, 0.25) is 5.02 Å². The highest BCUT2D eigenvalue weighted by molar-refractivity contribution is 9.10. The molecule has 4 nitrogen and oxygen atoms in total. The summed E-state index contributed by atoms with van der Waals surface area (Å²) in [5, 5.41) is 3.64. The largest absolute Gasteiger partial charge is 0.354 e. The van der Waals surface area contributed by atoms with Gasteiger partial charge in [-0.2, -0.15) is 0 Å². The van der Waals surface area contributed by atoms with Crippen LogP contribution in [0, 0.1) is 0 Å². The van der Waals surface area contributed by atoms with Gasteiger partial charge in [0, 0.05) is 28.3 Å². The number of carbonyl (C=O) groups excluding carboxylic acids is 2. The molecule has 0 heterocycles. The van der Waals surface area contributed by atoms with Gasteiger partial charge in [0.15, 0.2) is 0 Å². The van der Waals surface area contributed by atoms with E-state index in [9.17, 15) is 9.59 Å². The minimum absolute atomic E-state index is 0.0328. The summed E-state index contributed by atoms with van der Waals surface area (Å²) in [5.41, 5.74) is 2.12. The number of halogens is 2. The SMILES string of the molecule is CCCCNC(=O)[C@H](CC)N(Cc1ccc(Cl)cc1)C(=O)CSCc1ccc(Br)cc1. The Balaban J connectivity index is 2.08. The summed E-state index contributed by atoms with van der Waals surface area (Å²) in [6.07, 6.45) is 2.50. The van der Waals surface area contributed by atoms with Gasteiger partial charge in [-0.3, -0.25) is 9.59 Å². The van der Waals surface area contributed by atoms with Crippen LogP contribution in [0.5, 0.6) is 0 Å². The van der Waals surface area contributed by atoms with Crippen molar-refractivity contribution in [3.05, 3.63) is 69.2 Å². The molecule has 0 fully saturated rings. The molecule has 31 heavy (non-hydrogen) atoms. The van der Waals surface area contributed by atoms with Crippen LogP contribution in [0.25, 0.3) is 0 Å². The summed E-state index contributed by atoms with van der Waals surface area (Å²) in [7, 11) is 0. The van der Waals surface area contributed by atoms with Gasteiger partial charge in [-0.15, -0.1) is 11.8 Å². The molecule has 2 rings (SSSR count). The highest BCUT2D eigenvalue weighted by Gasteiger charge is 2.28. The Labute approximate surface area is 203 Å². The number of nitrogens with zero attached hydrogens (tertiary/aromatic N) is 1. The maximum absolute atomic E-state index is 13.2. The third kappa shape index (κ3) is 8.87. The Morgan fingerprint density at radius 3 is 2.32 bits per heavy atom. The Bertz CT molecular complexity index is 830. The van der Waals surface area contributed by atoms with E-state index in [-0.39, 0.29) is 11.8 Å². The third-order valence-corrected chi connectivity index (χ3v) is 6.66. The molecule has 0 aromatic heterocycles. The normalized spacial score (nSPS) is 11.7. The highest BCUT2D eigenvalue weighted by Crippen LogP contribution is 2.19. The first-order chi connectivity index (χ1) is 14.9. The molecule has 1 N–H and O–H groups in total. The summed E-state index contributed by atoms with van der Waals surface area (Å²) >= 11 is 11.0. The smallest absolute Gasteiger partial charge is 0.242 e. The van der Waals surface area contributed by atoms with Crippen molar-refractivity contribution in [1.82, 2.24) is 10.2 Å². The van der Waals surface area contributed by atoms with Crippen molar-refractivity contribution >= 4 is 51.1 Å². The maximum atomic E-state index is 13.2. The fraction of sp³-hybridized carbons (Fsp3) is 0.417. The van der Waals surface area contributed by atoms with Gasteiger partial charge in [-0.25, -0.2) is 0 Å². The van der Waals surface area contributed by atoms with Gasteiger partial charge in [0.05, 0.1) is 5.75 Å². The molecule has 0 spiro atoms. The second kappa shape index (κ2) is 13.8. The number of carbonyl (C=O) groups is 2.